The smallest absolute Gasteiger partial charge is 0.113 e. The van der Waals surface area contributed by atoms with Gasteiger partial charge in [-0.3, -0.25) is 0 Å². The quantitative estimate of drug-likeness (QED) is 0.451. The Labute approximate surface area is 29.6 Å². The second-order valence-electron chi connectivity index (χ2n) is 0.272. The first kappa shape index (κ1) is 4.41. The Kier molecular flexibility index (Phi) is 1.88. The van der Waals surface area contributed by atoms with E-state index >= 15 is 0 Å². The number of hydrogen-bond donors (Lipinski definition) is 1. The fourth-order valence-corrected chi connectivity index (χ4v) is 0. The molecule has 0 aromatic heterocycles. The van der Waals surface area contributed by atoms with E-state index in [1.165, 1.54) is 0 Å². The van der Waals surface area contributed by atoms with E-state index in [-0.39, 0.29) is 0 Å². The van der Waals surface area contributed by atoms with E-state index < -0.39 is 7.16 Å². The maximum Gasteiger partial charge on any atom is 0.490 e. The molecule has 0 fully saturated rings. The highest BCUT2D eigenvalue weighted by atomic mass is 32.4. The van der Waals surface area contributed by atoms with E-state index in [0.29, 0.717) is 0 Å². The van der Waals surface area contributed by atoms with Gasteiger partial charge in [0.1, 0.15) is 0 Å². The summed E-state index contributed by atoms with van der Waals surface area (Å²) in [6.45, 7) is 0. The van der Waals surface area contributed by atoms with Crippen LogP contribution in [0.15, 0.2) is 0 Å². The van der Waals surface area contributed by atoms with Gasteiger partial charge in [0.05, 0.1) is 0 Å². The van der Waals surface area contributed by atoms with Gasteiger partial charge in [0.25, 0.3) is 0 Å². The molecule has 0 aliphatic rings. The van der Waals surface area contributed by atoms with Crippen LogP contribution in [0.5, 0.6) is 0 Å². The van der Waals surface area contributed by atoms with Crippen molar-refractivity contribution in [2.45, 2.75) is 0 Å². The minimum Gasteiger partial charge on any atom is -0.113 e. The molecule has 0 saturated carbocycles. The summed E-state index contributed by atoms with van der Waals surface area (Å²) in [6.07, 6.45) is 0. The molecule has 2 N–H and O–H groups in total. The van der Waals surface area contributed by atoms with Crippen molar-refractivity contribution in [3.8, 4) is 0 Å². The van der Waals surface area contributed by atoms with Crippen molar-refractivity contribution in [2.24, 2.45) is 5.50 Å². The molecule has 0 radical (unpaired) electrons. The Morgan fingerprint density at radius 1 is 2.00 bits per heavy atom. The van der Waals surface area contributed by atoms with Crippen molar-refractivity contribution in [2.75, 3.05) is 0 Å². The summed E-state index contributed by atoms with van der Waals surface area (Å²) in [6, 6.07) is 0. The number of rotatable bonds is 0. The number of nitrogens with two attached hydrogens (primary N) is 1. The lowest BCUT2D eigenvalue weighted by atomic mass is 13.9. The van der Waals surface area contributed by atoms with E-state index in [1.807, 2.05) is 0 Å². The molecule has 24 valence electrons. The van der Waals surface area contributed by atoms with Crippen LogP contribution in [0.3, 0.4) is 0 Å². The van der Waals surface area contributed by atoms with E-state index in [4.69, 9.17) is 0 Å². The summed E-state index contributed by atoms with van der Waals surface area (Å²) in [5, 5.41) is 0. The van der Waals surface area contributed by atoms with E-state index in [2.05, 4.69) is 17.3 Å². The molecule has 0 saturated heterocycles. The topological polar surface area (TPSA) is 26.0 Å². The van der Waals surface area contributed by atoms with Gasteiger partial charge in [-0.1, -0.05) is 0 Å². The Balaban J connectivity index is 2.80. The highest BCUT2D eigenvalue weighted by Crippen LogP contribution is 2.05. The van der Waals surface area contributed by atoms with Crippen molar-refractivity contribution < 1.29 is 4.20 Å². The summed E-state index contributed by atoms with van der Waals surface area (Å²) in [5.74, 6) is 0. The van der Waals surface area contributed by atoms with E-state index in [0.717, 1.165) is 0 Å². The zero-order valence-corrected chi connectivity index (χ0v) is 3.52. The summed E-state index contributed by atoms with van der Waals surface area (Å²) in [5.41, 5.74) is 4.32. The minimum atomic E-state index is -2.04. The van der Waals surface area contributed by atoms with Crippen molar-refractivity contribution in [3.05, 3.63) is 0 Å². The first-order valence-electron chi connectivity index (χ1n) is 0.610. The Morgan fingerprint density at radius 3 is 2.00 bits per heavy atom. The molecule has 1 unspecified atom stereocenters. The van der Waals surface area contributed by atoms with Crippen LogP contribution in [0.2, 0.25) is 0 Å². The van der Waals surface area contributed by atoms with Gasteiger partial charge in [-0.2, -0.15) is 0 Å². The molecule has 1 atom stereocenters. The fraction of sp³-hybridized carbons (Fsp3) is 0. The zero-order valence-electron chi connectivity index (χ0n) is 1.81. The van der Waals surface area contributed by atoms with Gasteiger partial charge in [-0.05, 0) is 0 Å². The monoisotopic (exact) mass is 98.0 g/mol. The van der Waals surface area contributed by atoms with Crippen molar-refractivity contribution in [1.82, 2.24) is 0 Å². The Hall–Kier alpha value is 0.410. The molecule has 1 nitrogen and oxygen atoms in total. The molecule has 0 amide bonds. The maximum atomic E-state index is 10.7. The van der Waals surface area contributed by atoms with Crippen LogP contribution >= 0.6 is 7.16 Å². The Morgan fingerprint density at radius 2 is 2.00 bits per heavy atom. The van der Waals surface area contributed by atoms with Crippen LogP contribution in [-0.4, -0.2) is 0 Å². The SMILES string of the molecule is N[P+](F)=S. The number of halogens is 1. The molecule has 4 heavy (non-hydrogen) atoms. The standard InChI is InChI=1S/FH2NPS/c1-3(2)4/h(H2,2,4)/q+1. The van der Waals surface area contributed by atoms with Crippen LogP contribution in [-0.2, 0) is 11.8 Å². The van der Waals surface area contributed by atoms with Crippen LogP contribution in [0.25, 0.3) is 0 Å². The minimum absolute atomic E-state index is 2.04. The number of hydrogen-bond acceptors (Lipinski definition) is 1. The van der Waals surface area contributed by atoms with Gasteiger partial charge in [0.2, 0.25) is 11.8 Å². The molecule has 0 aromatic carbocycles. The maximum absolute atomic E-state index is 10.7. The first-order valence-corrected chi connectivity index (χ1v) is 2.92. The molecule has 0 rings (SSSR count). The highest BCUT2D eigenvalue weighted by Gasteiger charge is 1.86. The predicted octanol–water partition coefficient (Wildman–Crippen LogP) is 0.688. The van der Waals surface area contributed by atoms with Crippen molar-refractivity contribution in [1.29, 1.82) is 0 Å². The van der Waals surface area contributed by atoms with Gasteiger partial charge in [0, 0.05) is 4.20 Å². The van der Waals surface area contributed by atoms with Crippen LogP contribution < -0.4 is 5.50 Å². The van der Waals surface area contributed by atoms with Crippen LogP contribution in [0.4, 0.5) is 4.20 Å². The third-order valence-corrected chi connectivity index (χ3v) is 0. The lowest BCUT2D eigenvalue weighted by Gasteiger charge is -1.35. The molecule has 0 bridgehead atoms. The lowest BCUT2D eigenvalue weighted by Crippen LogP contribution is -1.61. The normalized spacial score (nSPS) is 11.0. The predicted molar refractivity (Wildman–Crippen MR) is 19.6 cm³/mol. The Bertz CT molecular complexity index is 31.0. The highest BCUT2D eigenvalue weighted by molar-refractivity contribution is 8.01. The molecule has 0 aliphatic heterocycles. The van der Waals surface area contributed by atoms with Crippen LogP contribution in [0, 0.1) is 0 Å². The fourth-order valence-electron chi connectivity index (χ4n) is 0. The summed E-state index contributed by atoms with van der Waals surface area (Å²) in [4.78, 5) is 0. The van der Waals surface area contributed by atoms with Crippen molar-refractivity contribution in [3.63, 3.8) is 0 Å². The average Bonchev–Trinajstić information content (AvgIpc) is 0.811. The molecule has 0 aromatic rings. The largest absolute Gasteiger partial charge is 0.490 e. The van der Waals surface area contributed by atoms with Gasteiger partial charge in [-0.25, -0.2) is 0 Å². The molecule has 4 heteroatoms. The molecular formula is H2FNPS+. The first-order chi connectivity index (χ1) is 1.73. The van der Waals surface area contributed by atoms with Gasteiger partial charge < -0.3 is 0 Å². The third kappa shape index (κ3) is 28.5. The molecule has 0 spiro atoms. The second kappa shape index (κ2) is 1.70. The van der Waals surface area contributed by atoms with Crippen LogP contribution in [0.1, 0.15) is 0 Å². The summed E-state index contributed by atoms with van der Waals surface area (Å²) < 4.78 is 10.7. The van der Waals surface area contributed by atoms with E-state index in [9.17, 15) is 4.20 Å². The third-order valence-electron chi connectivity index (χ3n) is 0. The molecular weight excluding hydrogens is 96.0 g/mol. The summed E-state index contributed by atoms with van der Waals surface area (Å²) >= 11 is 3.80. The average molecular weight is 98.1 g/mol. The van der Waals surface area contributed by atoms with E-state index in [1.54, 1.807) is 0 Å². The van der Waals surface area contributed by atoms with Crippen molar-refractivity contribution >= 4 is 19.0 Å². The van der Waals surface area contributed by atoms with Gasteiger partial charge in [0.15, 0.2) is 0 Å². The molecule has 0 heterocycles. The second-order valence-corrected chi connectivity index (χ2v) is 1.86. The van der Waals surface area contributed by atoms with Gasteiger partial charge in [-0.15, -0.1) is 5.50 Å². The summed E-state index contributed by atoms with van der Waals surface area (Å²) in [7, 11) is -2.04. The zero-order chi connectivity index (χ0) is 3.58. The van der Waals surface area contributed by atoms with Gasteiger partial charge >= 0.3 is 7.16 Å². The molecule has 0 aliphatic carbocycles. The lowest BCUT2D eigenvalue weighted by molar-refractivity contribution is 0.915.